The van der Waals surface area contributed by atoms with E-state index in [4.69, 9.17) is 14.2 Å². The maximum absolute atomic E-state index is 12.4. The van der Waals surface area contributed by atoms with Gasteiger partial charge in [-0.2, -0.15) is 0 Å². The summed E-state index contributed by atoms with van der Waals surface area (Å²) in [5.41, 5.74) is 0.968. The zero-order valence-corrected chi connectivity index (χ0v) is 20.0. The van der Waals surface area contributed by atoms with Gasteiger partial charge in [-0.15, -0.1) is 0 Å². The number of carbonyl (C=O) groups excluding carboxylic acids is 1. The third-order valence-electron chi connectivity index (χ3n) is 5.90. The number of hydrogen-bond acceptors (Lipinski definition) is 6. The highest BCUT2D eigenvalue weighted by molar-refractivity contribution is 6.00. The van der Waals surface area contributed by atoms with E-state index in [1.165, 1.54) is 25.3 Å². The lowest BCUT2D eigenvalue weighted by atomic mass is 9.98. The average Bonchev–Trinajstić information content (AvgIpc) is 2.89. The number of hydrogen-bond donors (Lipinski definition) is 2. The molecule has 4 rings (SSSR count). The van der Waals surface area contributed by atoms with Crippen LogP contribution >= 0.6 is 0 Å². The van der Waals surface area contributed by atoms with Crippen molar-refractivity contribution in [1.29, 1.82) is 0 Å². The van der Waals surface area contributed by atoms with Crippen molar-refractivity contribution >= 4 is 17.6 Å². The Morgan fingerprint density at radius 2 is 1.67 bits per heavy atom. The summed E-state index contributed by atoms with van der Waals surface area (Å²) in [6.45, 7) is 1.10. The summed E-state index contributed by atoms with van der Waals surface area (Å²) in [6.07, 6.45) is 8.10. The molecule has 0 atom stereocenters. The van der Waals surface area contributed by atoms with Gasteiger partial charge in [0.15, 0.2) is 0 Å². The number of carboxylic acid groups (broad SMARTS) is 1. The number of anilines is 1. The minimum Gasteiger partial charge on any atom is -0.491 e. The number of carbonyl (C=O) groups is 2. The smallest absolute Gasteiger partial charge is 0.337 e. The fourth-order valence-electron chi connectivity index (χ4n) is 4.07. The number of rotatable bonds is 11. The predicted molar refractivity (Wildman–Crippen MR) is 135 cm³/mol. The monoisotopic (exact) mass is 490 g/mol. The number of ether oxygens (including phenoxy) is 3. The molecule has 188 valence electrons. The molecule has 1 heterocycles. The quantitative estimate of drug-likeness (QED) is 0.343. The summed E-state index contributed by atoms with van der Waals surface area (Å²) in [6, 6.07) is 17.0. The van der Waals surface area contributed by atoms with Crippen molar-refractivity contribution in [3.8, 4) is 17.4 Å². The second kappa shape index (κ2) is 12.7. The summed E-state index contributed by atoms with van der Waals surface area (Å²) in [7, 11) is 0. The molecule has 1 aromatic heterocycles. The van der Waals surface area contributed by atoms with Crippen LogP contribution in [0.5, 0.6) is 17.4 Å². The molecular weight excluding hydrogens is 460 g/mol. The van der Waals surface area contributed by atoms with Crippen LogP contribution in [0.2, 0.25) is 0 Å². The van der Waals surface area contributed by atoms with E-state index in [-0.39, 0.29) is 23.6 Å². The highest BCUT2D eigenvalue weighted by Gasteiger charge is 2.14. The lowest BCUT2D eigenvalue weighted by Gasteiger charge is -2.21. The second-order valence-electron chi connectivity index (χ2n) is 8.63. The standard InChI is InChI=1S/C28H30N2O6/c31-26(30-25-9-5-4-8-24(25)28(32)33)18-20-10-15-27(29-19-20)36-23-13-11-22(12-14-23)35-17-16-34-21-6-2-1-3-7-21/h4-5,8-15,19,21H,1-3,6-7,16-18H2,(H,30,31)(H,32,33). The van der Waals surface area contributed by atoms with Gasteiger partial charge in [-0.25, -0.2) is 9.78 Å². The third-order valence-corrected chi connectivity index (χ3v) is 5.90. The molecular formula is C28H30N2O6. The van der Waals surface area contributed by atoms with Gasteiger partial charge in [0.05, 0.1) is 30.4 Å². The molecule has 1 amide bonds. The molecule has 8 nitrogen and oxygen atoms in total. The molecule has 36 heavy (non-hydrogen) atoms. The number of amides is 1. The largest absolute Gasteiger partial charge is 0.491 e. The topological polar surface area (TPSA) is 107 Å². The normalized spacial score (nSPS) is 13.7. The molecule has 1 aliphatic rings. The van der Waals surface area contributed by atoms with E-state index in [1.807, 2.05) is 12.1 Å². The molecule has 3 aromatic rings. The average molecular weight is 491 g/mol. The highest BCUT2D eigenvalue weighted by atomic mass is 16.5. The fourth-order valence-corrected chi connectivity index (χ4v) is 4.07. The number of aromatic nitrogens is 1. The molecule has 1 aliphatic carbocycles. The van der Waals surface area contributed by atoms with E-state index in [9.17, 15) is 14.7 Å². The molecule has 0 aliphatic heterocycles. The number of carboxylic acids is 1. The maximum Gasteiger partial charge on any atom is 0.337 e. The number of para-hydroxylation sites is 1. The van der Waals surface area contributed by atoms with Crippen LogP contribution in [0, 0.1) is 0 Å². The Labute approximate surface area is 210 Å². The first-order chi connectivity index (χ1) is 17.6. The Balaban J connectivity index is 1.21. The van der Waals surface area contributed by atoms with Gasteiger partial charge in [-0.1, -0.05) is 37.5 Å². The SMILES string of the molecule is O=C(Cc1ccc(Oc2ccc(OCCOC3CCCCC3)cc2)nc1)Nc1ccccc1C(=O)O. The van der Waals surface area contributed by atoms with Gasteiger partial charge >= 0.3 is 5.97 Å². The Hall–Kier alpha value is -3.91. The Bertz CT molecular complexity index is 1140. The number of aromatic carboxylic acids is 1. The first-order valence-electron chi connectivity index (χ1n) is 12.2. The summed E-state index contributed by atoms with van der Waals surface area (Å²) in [5, 5.41) is 11.9. The zero-order valence-electron chi connectivity index (χ0n) is 20.0. The molecule has 0 saturated heterocycles. The Kier molecular flexibility index (Phi) is 8.88. The van der Waals surface area contributed by atoms with Crippen molar-refractivity contribution in [2.24, 2.45) is 0 Å². The van der Waals surface area contributed by atoms with Crippen molar-refractivity contribution in [2.45, 2.75) is 44.6 Å². The van der Waals surface area contributed by atoms with Gasteiger partial charge in [0.1, 0.15) is 18.1 Å². The van der Waals surface area contributed by atoms with Crippen LogP contribution < -0.4 is 14.8 Å². The predicted octanol–water partition coefficient (Wildman–Crippen LogP) is 5.48. The van der Waals surface area contributed by atoms with E-state index in [1.54, 1.807) is 48.7 Å². The second-order valence-corrected chi connectivity index (χ2v) is 8.63. The molecule has 1 fully saturated rings. The highest BCUT2D eigenvalue weighted by Crippen LogP contribution is 2.24. The van der Waals surface area contributed by atoms with E-state index in [2.05, 4.69) is 10.3 Å². The Morgan fingerprint density at radius 1 is 0.917 bits per heavy atom. The van der Waals surface area contributed by atoms with E-state index >= 15 is 0 Å². The number of nitrogens with one attached hydrogen (secondary N) is 1. The van der Waals surface area contributed by atoms with Crippen LogP contribution in [0.4, 0.5) is 5.69 Å². The number of pyridine rings is 1. The minimum atomic E-state index is -1.10. The van der Waals surface area contributed by atoms with Crippen LogP contribution in [0.25, 0.3) is 0 Å². The van der Waals surface area contributed by atoms with E-state index in [0.717, 1.165) is 18.6 Å². The molecule has 2 N–H and O–H groups in total. The van der Waals surface area contributed by atoms with Gasteiger partial charge < -0.3 is 24.6 Å². The fraction of sp³-hybridized carbons (Fsp3) is 0.321. The minimum absolute atomic E-state index is 0.0388. The molecule has 0 spiro atoms. The van der Waals surface area contributed by atoms with Gasteiger partial charge in [-0.3, -0.25) is 4.79 Å². The molecule has 0 bridgehead atoms. The van der Waals surface area contributed by atoms with Crippen LogP contribution in [0.15, 0.2) is 66.9 Å². The molecule has 0 unspecified atom stereocenters. The first-order valence-corrected chi connectivity index (χ1v) is 12.2. The summed E-state index contributed by atoms with van der Waals surface area (Å²) in [5.74, 6) is 0.318. The zero-order chi connectivity index (χ0) is 25.2. The van der Waals surface area contributed by atoms with Crippen LogP contribution in [0.1, 0.15) is 48.0 Å². The van der Waals surface area contributed by atoms with Crippen LogP contribution in [-0.4, -0.2) is 41.3 Å². The van der Waals surface area contributed by atoms with Gasteiger partial charge in [-0.05, 0) is 54.8 Å². The molecule has 0 radical (unpaired) electrons. The van der Waals surface area contributed by atoms with Gasteiger partial charge in [0, 0.05) is 12.3 Å². The van der Waals surface area contributed by atoms with Crippen molar-refractivity contribution < 1.29 is 28.9 Å². The summed E-state index contributed by atoms with van der Waals surface area (Å²) in [4.78, 5) is 27.9. The third kappa shape index (κ3) is 7.55. The van der Waals surface area contributed by atoms with Crippen molar-refractivity contribution in [3.05, 3.63) is 78.0 Å². The number of benzene rings is 2. The van der Waals surface area contributed by atoms with Crippen LogP contribution in [0.3, 0.4) is 0 Å². The maximum atomic E-state index is 12.4. The van der Waals surface area contributed by atoms with Gasteiger partial charge in [0.25, 0.3) is 0 Å². The van der Waals surface area contributed by atoms with Gasteiger partial charge in [0.2, 0.25) is 11.8 Å². The number of nitrogens with zero attached hydrogens (tertiary/aromatic N) is 1. The van der Waals surface area contributed by atoms with Crippen molar-refractivity contribution in [2.75, 3.05) is 18.5 Å². The summed E-state index contributed by atoms with van der Waals surface area (Å²) < 4.78 is 17.4. The van der Waals surface area contributed by atoms with E-state index in [0.29, 0.717) is 36.5 Å². The van der Waals surface area contributed by atoms with E-state index < -0.39 is 5.97 Å². The van der Waals surface area contributed by atoms with Crippen molar-refractivity contribution in [1.82, 2.24) is 4.98 Å². The summed E-state index contributed by atoms with van der Waals surface area (Å²) >= 11 is 0. The van der Waals surface area contributed by atoms with Crippen LogP contribution in [-0.2, 0) is 16.0 Å². The lowest BCUT2D eigenvalue weighted by Crippen LogP contribution is -2.19. The Morgan fingerprint density at radius 3 is 2.39 bits per heavy atom. The first kappa shape index (κ1) is 25.2. The molecule has 2 aromatic carbocycles. The molecule has 8 heteroatoms. The van der Waals surface area contributed by atoms with Crippen molar-refractivity contribution in [3.63, 3.8) is 0 Å². The molecule has 1 saturated carbocycles. The lowest BCUT2D eigenvalue weighted by molar-refractivity contribution is -0.115.